The molecule has 374 valence electrons. The van der Waals surface area contributed by atoms with Crippen LogP contribution in [0.15, 0.2) is 60.7 Å². The van der Waals surface area contributed by atoms with Crippen molar-refractivity contribution >= 4 is 70.8 Å². The number of likely N-dealkylation sites (N-methyl/N-ethyl adjacent to an activating group) is 2. The monoisotopic (exact) mass is 988 g/mol. The number of fused-ring (bicyclic) bond motifs is 2. The van der Waals surface area contributed by atoms with Gasteiger partial charge in [0.1, 0.15) is 36.3 Å². The van der Waals surface area contributed by atoms with E-state index in [1.54, 1.807) is 113 Å². The van der Waals surface area contributed by atoms with Crippen LogP contribution >= 0.6 is 23.5 Å². The van der Waals surface area contributed by atoms with E-state index in [4.69, 9.17) is 0 Å². The van der Waals surface area contributed by atoms with Gasteiger partial charge in [0.15, 0.2) is 0 Å². The van der Waals surface area contributed by atoms with Crippen LogP contribution in [-0.2, 0) is 38.4 Å². The lowest BCUT2D eigenvalue weighted by Gasteiger charge is -2.39. The number of nitrogens with zero attached hydrogens (tertiary/aromatic N) is 4. The highest BCUT2D eigenvalue weighted by atomic mass is 32.2. The molecule has 69 heavy (non-hydrogen) atoms. The van der Waals surface area contributed by atoms with Crippen molar-refractivity contribution in [3.8, 4) is 0 Å². The maximum Gasteiger partial charge on any atom is 0.249 e. The SMILES string of the molecule is CNCC(=O)N[C@H]1CCS[C@H]2CC(C)(C)[C@@H](C(=O)N[C@H](C(=O)N3CCN(C(=O)C(NC(=O)[C@H]4N5C(=O)[C@@H](NC(=O)[C@H](C)NC)CCS[C@H]5CC4(C)C)c4ccccc4)CC3)c3ccccc3)N2C1=O. The summed E-state index contributed by atoms with van der Waals surface area (Å²) in [6.07, 6.45) is 1.94. The topological polar surface area (TPSA) is 222 Å². The summed E-state index contributed by atoms with van der Waals surface area (Å²) < 4.78 is 0. The van der Waals surface area contributed by atoms with Gasteiger partial charge in [0.2, 0.25) is 47.3 Å². The van der Waals surface area contributed by atoms with Crippen molar-refractivity contribution in [2.75, 3.05) is 58.3 Å². The molecule has 18 nitrogen and oxygen atoms in total. The average molecular weight is 989 g/mol. The van der Waals surface area contributed by atoms with Crippen LogP contribution in [0.5, 0.6) is 0 Å². The van der Waals surface area contributed by atoms with Crippen molar-refractivity contribution in [1.82, 2.24) is 51.5 Å². The van der Waals surface area contributed by atoms with E-state index in [0.29, 0.717) is 48.3 Å². The first-order valence-corrected chi connectivity index (χ1v) is 26.0. The Morgan fingerprint density at radius 2 is 1.04 bits per heavy atom. The van der Waals surface area contributed by atoms with Gasteiger partial charge in [0.05, 0.1) is 23.3 Å². The largest absolute Gasteiger partial charge is 0.343 e. The summed E-state index contributed by atoms with van der Waals surface area (Å²) in [5.41, 5.74) is -0.203. The van der Waals surface area contributed by atoms with Crippen LogP contribution in [0, 0.1) is 10.8 Å². The third-order valence-corrected chi connectivity index (χ3v) is 16.6. The molecule has 5 aliphatic heterocycles. The van der Waals surface area contributed by atoms with Crippen molar-refractivity contribution in [1.29, 1.82) is 0 Å². The van der Waals surface area contributed by atoms with Crippen LogP contribution in [0.3, 0.4) is 0 Å². The predicted molar refractivity (Wildman–Crippen MR) is 264 cm³/mol. The van der Waals surface area contributed by atoms with Crippen molar-refractivity contribution < 1.29 is 38.4 Å². The minimum atomic E-state index is -1.11. The molecule has 5 fully saturated rings. The minimum Gasteiger partial charge on any atom is -0.343 e. The molecule has 0 aromatic heterocycles. The molecular formula is C49H68N10O8S2. The second kappa shape index (κ2) is 21.9. The summed E-state index contributed by atoms with van der Waals surface area (Å²) in [5.74, 6) is -1.74. The van der Waals surface area contributed by atoms with E-state index in [9.17, 15) is 38.4 Å². The summed E-state index contributed by atoms with van der Waals surface area (Å²) in [7, 11) is 3.32. The fourth-order valence-electron chi connectivity index (χ4n) is 10.4. The first kappa shape index (κ1) is 51.7. The molecule has 0 radical (unpaired) electrons. The van der Waals surface area contributed by atoms with Gasteiger partial charge in [-0.2, -0.15) is 0 Å². The van der Waals surface area contributed by atoms with Crippen molar-refractivity contribution in [2.24, 2.45) is 10.8 Å². The van der Waals surface area contributed by atoms with Gasteiger partial charge < -0.3 is 51.5 Å². The summed E-state index contributed by atoms with van der Waals surface area (Å²) in [5, 5.41) is 16.9. The van der Waals surface area contributed by atoms with E-state index in [1.165, 1.54) is 0 Å². The smallest absolute Gasteiger partial charge is 0.249 e. The lowest BCUT2D eigenvalue weighted by atomic mass is 9.83. The van der Waals surface area contributed by atoms with Crippen molar-refractivity contribution in [3.05, 3.63) is 71.8 Å². The van der Waals surface area contributed by atoms with Crippen LogP contribution in [-0.4, -0.2) is 166 Å². The molecule has 0 spiro atoms. The number of nitrogens with one attached hydrogen (secondary N) is 6. The van der Waals surface area contributed by atoms with Crippen LogP contribution in [0.2, 0.25) is 0 Å². The van der Waals surface area contributed by atoms with Gasteiger partial charge in [0, 0.05) is 26.2 Å². The van der Waals surface area contributed by atoms with E-state index in [0.717, 1.165) is 0 Å². The van der Waals surface area contributed by atoms with E-state index in [-0.39, 0.29) is 78.9 Å². The third kappa shape index (κ3) is 11.2. The van der Waals surface area contributed by atoms with Gasteiger partial charge in [-0.05, 0) is 80.2 Å². The number of carbonyl (C=O) groups is 8. The zero-order valence-electron chi connectivity index (χ0n) is 40.6. The standard InChI is InChI=1S/C49H68N10O8S2/c1-29(51-7)41(61)53-33-19-25-69-36-27-49(4,5)40(59(36)45(33)65)43(63)55-38(31-16-12-9-13-17-31)47(67)57-22-20-56(21-23-57)46(66)37(30-14-10-8-11-15-30)54-42(62)39-48(2,3)26-35-58(39)44(64)32(18-24-68-35)52-34(60)28-50-6/h8-17,29,32-33,35-40,50-51H,18-28H2,1-7H3,(H,52,60)(H,53,61)(H,54,62)(H,55,63)/t29-,32-,33-,35-,36-,37-,38?,39+,40+/m0/s1. The predicted octanol–water partition coefficient (Wildman–Crippen LogP) is 1.35. The van der Waals surface area contributed by atoms with Gasteiger partial charge in [0.25, 0.3) is 0 Å². The van der Waals surface area contributed by atoms with Gasteiger partial charge in [-0.25, -0.2) is 0 Å². The second-order valence-electron chi connectivity index (χ2n) is 20.0. The number of rotatable bonds is 14. The average Bonchev–Trinajstić information content (AvgIpc) is 3.65. The quantitative estimate of drug-likeness (QED) is 0.158. The summed E-state index contributed by atoms with van der Waals surface area (Å²) in [4.78, 5) is 119. The maximum atomic E-state index is 14.7. The number of hydrogen-bond donors (Lipinski definition) is 6. The molecule has 5 aliphatic rings. The van der Waals surface area contributed by atoms with Crippen LogP contribution in [0.1, 0.15) is 83.5 Å². The van der Waals surface area contributed by atoms with Crippen LogP contribution < -0.4 is 31.9 Å². The molecule has 6 N–H and O–H groups in total. The van der Waals surface area contributed by atoms with E-state index < -0.39 is 64.9 Å². The number of piperazine rings is 1. The zero-order valence-corrected chi connectivity index (χ0v) is 42.3. The molecule has 5 heterocycles. The van der Waals surface area contributed by atoms with Gasteiger partial charge in [-0.15, -0.1) is 23.5 Å². The van der Waals surface area contributed by atoms with Crippen LogP contribution in [0.4, 0.5) is 0 Å². The first-order chi connectivity index (χ1) is 32.9. The summed E-state index contributed by atoms with van der Waals surface area (Å²) in [6, 6.07) is 11.7. The van der Waals surface area contributed by atoms with Gasteiger partial charge >= 0.3 is 0 Å². The highest BCUT2D eigenvalue weighted by Crippen LogP contribution is 2.48. The van der Waals surface area contributed by atoms with E-state index >= 15 is 0 Å². The minimum absolute atomic E-state index is 0.0471. The molecule has 0 aliphatic carbocycles. The Bertz CT molecular complexity index is 2250. The Kier molecular flexibility index (Phi) is 16.4. The Balaban J connectivity index is 1.06. The van der Waals surface area contributed by atoms with Gasteiger partial charge in [-0.3, -0.25) is 38.4 Å². The molecule has 2 aromatic carbocycles. The molecule has 7 rings (SSSR count). The van der Waals surface area contributed by atoms with E-state index in [2.05, 4.69) is 31.9 Å². The molecule has 1 unspecified atom stereocenters. The van der Waals surface area contributed by atoms with E-state index in [1.807, 2.05) is 39.8 Å². The fourth-order valence-corrected chi connectivity index (χ4v) is 13.5. The Labute approximate surface area is 413 Å². The number of amides is 8. The normalized spacial score (nSPS) is 26.6. The highest BCUT2D eigenvalue weighted by Gasteiger charge is 2.56. The van der Waals surface area contributed by atoms with Gasteiger partial charge in [-0.1, -0.05) is 88.4 Å². The lowest BCUT2D eigenvalue weighted by Crippen LogP contribution is -2.60. The van der Waals surface area contributed by atoms with Crippen LogP contribution in [0.25, 0.3) is 0 Å². The summed E-state index contributed by atoms with van der Waals surface area (Å²) in [6.45, 7) is 10.1. The third-order valence-electron chi connectivity index (χ3n) is 14.1. The molecule has 8 amide bonds. The number of carbonyl (C=O) groups excluding carboxylic acids is 8. The van der Waals surface area contributed by atoms with Crippen molar-refractivity contribution in [3.63, 3.8) is 0 Å². The number of benzene rings is 2. The zero-order chi connectivity index (χ0) is 49.8. The first-order valence-electron chi connectivity index (χ1n) is 23.9. The lowest BCUT2D eigenvalue weighted by molar-refractivity contribution is -0.147. The number of thioether (sulfide) groups is 2. The molecule has 20 heteroatoms. The molecular weight excluding hydrogens is 921 g/mol. The molecule has 0 bridgehead atoms. The summed E-state index contributed by atoms with van der Waals surface area (Å²) >= 11 is 3.18. The Morgan fingerprint density at radius 3 is 1.43 bits per heavy atom. The maximum absolute atomic E-state index is 14.7. The molecule has 0 saturated carbocycles. The molecule has 2 aromatic rings. The Hall–Kier alpha value is -5.18. The molecule has 5 saturated heterocycles. The second-order valence-corrected chi connectivity index (χ2v) is 22.6. The molecule has 9 atom stereocenters. The highest BCUT2D eigenvalue weighted by molar-refractivity contribution is 8.00. The Morgan fingerprint density at radius 1 is 0.638 bits per heavy atom. The number of hydrogen-bond acceptors (Lipinski definition) is 12. The van der Waals surface area contributed by atoms with Crippen molar-refractivity contribution in [2.45, 2.75) is 113 Å². The fraction of sp³-hybridized carbons (Fsp3) is 0.592.